The Morgan fingerprint density at radius 3 is 2.46 bits per heavy atom. The van der Waals surface area contributed by atoms with Gasteiger partial charge in [0.05, 0.1) is 5.56 Å². The van der Waals surface area contributed by atoms with Gasteiger partial charge in [-0.05, 0) is 36.2 Å². The molecule has 1 N–H and O–H groups in total. The van der Waals surface area contributed by atoms with Gasteiger partial charge in [-0.25, -0.2) is 4.79 Å². The summed E-state index contributed by atoms with van der Waals surface area (Å²) in [6.45, 7) is 1.58. The van der Waals surface area contributed by atoms with E-state index in [1.165, 1.54) is 0 Å². The van der Waals surface area contributed by atoms with E-state index in [9.17, 15) is 9.59 Å². The van der Waals surface area contributed by atoms with Gasteiger partial charge in [0.15, 0.2) is 6.61 Å². The van der Waals surface area contributed by atoms with Crippen LogP contribution in [0.25, 0.3) is 11.5 Å². The molecule has 1 heterocycles. The first kappa shape index (κ1) is 17.3. The number of aryl methyl sites for hydroxylation is 1. The van der Waals surface area contributed by atoms with Crippen molar-refractivity contribution in [3.05, 3.63) is 65.7 Å². The summed E-state index contributed by atoms with van der Waals surface area (Å²) in [7, 11) is 0. The van der Waals surface area contributed by atoms with Crippen LogP contribution in [-0.4, -0.2) is 28.7 Å². The molecule has 26 heavy (non-hydrogen) atoms. The molecule has 0 atom stereocenters. The van der Waals surface area contributed by atoms with E-state index in [1.54, 1.807) is 12.1 Å². The molecular formula is C19H17N3O4. The molecule has 1 amide bonds. The van der Waals surface area contributed by atoms with Gasteiger partial charge in [-0.1, -0.05) is 42.4 Å². The molecule has 0 aliphatic carbocycles. The molecule has 0 saturated carbocycles. The normalized spacial score (nSPS) is 10.3. The number of aromatic nitrogens is 2. The molecule has 0 spiro atoms. The largest absolute Gasteiger partial charge is 0.452 e. The molecule has 132 valence electrons. The highest BCUT2D eigenvalue weighted by molar-refractivity contribution is 5.94. The van der Waals surface area contributed by atoms with Crippen molar-refractivity contribution in [2.24, 2.45) is 0 Å². The van der Waals surface area contributed by atoms with Crippen molar-refractivity contribution in [2.75, 3.05) is 11.9 Å². The summed E-state index contributed by atoms with van der Waals surface area (Å²) in [5.41, 5.74) is 2.24. The van der Waals surface area contributed by atoms with Crippen LogP contribution in [0.5, 0.6) is 0 Å². The van der Waals surface area contributed by atoms with E-state index in [-0.39, 0.29) is 11.9 Å². The van der Waals surface area contributed by atoms with Crippen molar-refractivity contribution < 1.29 is 18.7 Å². The van der Waals surface area contributed by atoms with E-state index in [4.69, 9.17) is 9.15 Å². The Morgan fingerprint density at radius 2 is 1.77 bits per heavy atom. The first-order chi connectivity index (χ1) is 12.7. The Morgan fingerprint density at radius 1 is 1.04 bits per heavy atom. The van der Waals surface area contributed by atoms with Crippen LogP contribution >= 0.6 is 0 Å². The third-order valence-corrected chi connectivity index (χ3v) is 3.62. The predicted molar refractivity (Wildman–Crippen MR) is 94.5 cm³/mol. The maximum absolute atomic E-state index is 11.9. The van der Waals surface area contributed by atoms with Gasteiger partial charge in [-0.2, -0.15) is 0 Å². The number of ether oxygens (including phenoxy) is 1. The minimum atomic E-state index is -0.571. The van der Waals surface area contributed by atoms with Crippen molar-refractivity contribution in [2.45, 2.75) is 13.3 Å². The van der Waals surface area contributed by atoms with Crippen molar-refractivity contribution in [1.29, 1.82) is 0 Å². The second-order valence-corrected chi connectivity index (χ2v) is 5.45. The van der Waals surface area contributed by atoms with Gasteiger partial charge >= 0.3 is 12.0 Å². The van der Waals surface area contributed by atoms with Crippen LogP contribution in [0, 0.1) is 0 Å². The van der Waals surface area contributed by atoms with Crippen LogP contribution in [0.3, 0.4) is 0 Å². The first-order valence-corrected chi connectivity index (χ1v) is 8.10. The summed E-state index contributed by atoms with van der Waals surface area (Å²) >= 11 is 0. The van der Waals surface area contributed by atoms with E-state index < -0.39 is 18.5 Å². The molecule has 0 unspecified atom stereocenters. The number of hydrogen-bond donors (Lipinski definition) is 1. The average Bonchev–Trinajstić information content (AvgIpc) is 3.15. The molecule has 3 rings (SSSR count). The Hall–Kier alpha value is -3.48. The van der Waals surface area contributed by atoms with Crippen LogP contribution in [0.15, 0.2) is 59.0 Å². The van der Waals surface area contributed by atoms with Gasteiger partial charge in [-0.15, -0.1) is 5.10 Å². The van der Waals surface area contributed by atoms with Crippen molar-refractivity contribution in [3.8, 4) is 11.5 Å². The van der Waals surface area contributed by atoms with E-state index in [0.29, 0.717) is 5.56 Å². The number of esters is 1. The SMILES string of the molecule is CCc1ccc(C(=O)OCC(=O)Nc2nnc(-c3ccccc3)o2)cc1. The number of nitrogens with zero attached hydrogens (tertiary/aromatic N) is 2. The lowest BCUT2D eigenvalue weighted by Crippen LogP contribution is -2.21. The highest BCUT2D eigenvalue weighted by Crippen LogP contribution is 2.18. The molecule has 0 aliphatic rings. The van der Waals surface area contributed by atoms with Gasteiger partial charge in [0.1, 0.15) is 0 Å². The third kappa shape index (κ3) is 4.32. The highest BCUT2D eigenvalue weighted by Gasteiger charge is 2.14. The Labute approximate surface area is 150 Å². The number of carbonyl (C=O) groups is 2. The minimum Gasteiger partial charge on any atom is -0.452 e. The Bertz CT molecular complexity index is 889. The zero-order valence-corrected chi connectivity index (χ0v) is 14.1. The second-order valence-electron chi connectivity index (χ2n) is 5.45. The summed E-state index contributed by atoms with van der Waals surface area (Å²) in [6.07, 6.45) is 0.882. The molecule has 7 nitrogen and oxygen atoms in total. The lowest BCUT2D eigenvalue weighted by Gasteiger charge is -2.05. The number of amides is 1. The van der Waals surface area contributed by atoms with Gasteiger partial charge in [0.25, 0.3) is 5.91 Å². The molecule has 1 aromatic heterocycles. The van der Waals surface area contributed by atoms with E-state index in [0.717, 1.165) is 17.5 Å². The van der Waals surface area contributed by atoms with Crippen molar-refractivity contribution >= 4 is 17.9 Å². The summed E-state index contributed by atoms with van der Waals surface area (Å²) < 4.78 is 10.3. The highest BCUT2D eigenvalue weighted by atomic mass is 16.5. The fraction of sp³-hybridized carbons (Fsp3) is 0.158. The lowest BCUT2D eigenvalue weighted by atomic mass is 10.1. The van der Waals surface area contributed by atoms with Crippen molar-refractivity contribution in [3.63, 3.8) is 0 Å². The quantitative estimate of drug-likeness (QED) is 0.686. The summed E-state index contributed by atoms with van der Waals surface area (Å²) in [4.78, 5) is 23.8. The van der Waals surface area contributed by atoms with Crippen LogP contribution in [0.4, 0.5) is 6.01 Å². The molecule has 0 fully saturated rings. The number of hydrogen-bond acceptors (Lipinski definition) is 6. The van der Waals surface area contributed by atoms with E-state index in [2.05, 4.69) is 15.5 Å². The molecule has 2 aromatic carbocycles. The number of nitrogens with one attached hydrogen (secondary N) is 1. The summed E-state index contributed by atoms with van der Waals surface area (Å²) in [5, 5.41) is 10.0. The average molecular weight is 351 g/mol. The Kier molecular flexibility index (Phi) is 5.38. The number of rotatable bonds is 6. The number of anilines is 1. The third-order valence-electron chi connectivity index (χ3n) is 3.62. The van der Waals surface area contributed by atoms with Gasteiger partial charge in [0.2, 0.25) is 5.89 Å². The predicted octanol–water partition coefficient (Wildman–Crippen LogP) is 3.09. The van der Waals surface area contributed by atoms with E-state index in [1.807, 2.05) is 49.4 Å². The van der Waals surface area contributed by atoms with E-state index >= 15 is 0 Å². The summed E-state index contributed by atoms with van der Waals surface area (Å²) in [6, 6.07) is 16.1. The maximum Gasteiger partial charge on any atom is 0.338 e. The zero-order chi connectivity index (χ0) is 18.4. The Balaban J connectivity index is 1.52. The standard InChI is InChI=1S/C19H17N3O4/c1-2-13-8-10-15(11-9-13)18(24)25-12-16(23)20-19-22-21-17(26-19)14-6-4-3-5-7-14/h3-11H,2,12H2,1H3,(H,20,22,23). The van der Waals surface area contributed by atoms with Crippen LogP contribution in [0.1, 0.15) is 22.8 Å². The zero-order valence-electron chi connectivity index (χ0n) is 14.1. The number of carbonyl (C=O) groups excluding carboxylic acids is 2. The van der Waals surface area contributed by atoms with Crippen LogP contribution in [0.2, 0.25) is 0 Å². The molecule has 3 aromatic rings. The van der Waals surface area contributed by atoms with Gasteiger partial charge in [0, 0.05) is 5.56 Å². The van der Waals surface area contributed by atoms with Crippen molar-refractivity contribution in [1.82, 2.24) is 10.2 Å². The molecule has 0 aliphatic heterocycles. The molecular weight excluding hydrogens is 334 g/mol. The van der Waals surface area contributed by atoms with Crippen LogP contribution < -0.4 is 5.32 Å². The molecule has 0 radical (unpaired) electrons. The van der Waals surface area contributed by atoms with Gasteiger partial charge in [-0.3, -0.25) is 10.1 Å². The molecule has 7 heteroatoms. The first-order valence-electron chi connectivity index (χ1n) is 8.10. The smallest absolute Gasteiger partial charge is 0.338 e. The number of benzene rings is 2. The summed E-state index contributed by atoms with van der Waals surface area (Å²) in [5.74, 6) is -0.848. The maximum atomic E-state index is 11.9. The lowest BCUT2D eigenvalue weighted by molar-refractivity contribution is -0.119. The minimum absolute atomic E-state index is 0.0581. The monoisotopic (exact) mass is 351 g/mol. The second kappa shape index (κ2) is 8.06. The fourth-order valence-corrected chi connectivity index (χ4v) is 2.22. The topological polar surface area (TPSA) is 94.3 Å². The molecule has 0 bridgehead atoms. The van der Waals surface area contributed by atoms with Crippen LogP contribution in [-0.2, 0) is 16.0 Å². The van der Waals surface area contributed by atoms with Gasteiger partial charge < -0.3 is 9.15 Å². The fourth-order valence-electron chi connectivity index (χ4n) is 2.22. The molecule has 0 saturated heterocycles.